The maximum atomic E-state index is 11.8. The minimum absolute atomic E-state index is 0.0129. The van der Waals surface area contributed by atoms with Crippen molar-refractivity contribution in [3.05, 3.63) is 100 Å². The van der Waals surface area contributed by atoms with Gasteiger partial charge in [0.15, 0.2) is 6.61 Å². The van der Waals surface area contributed by atoms with E-state index in [1.165, 1.54) is 30.5 Å². The molecule has 30 heavy (non-hydrogen) atoms. The first-order chi connectivity index (χ1) is 14.6. The first-order valence-electron chi connectivity index (χ1n) is 9.06. The van der Waals surface area contributed by atoms with Gasteiger partial charge in [0, 0.05) is 12.1 Å². The van der Waals surface area contributed by atoms with Crippen molar-refractivity contribution in [2.45, 2.75) is 6.61 Å². The van der Waals surface area contributed by atoms with Crippen molar-refractivity contribution in [2.75, 3.05) is 6.61 Å². The van der Waals surface area contributed by atoms with E-state index in [0.717, 1.165) is 5.56 Å². The smallest absolute Gasteiger partial charge is 0.277 e. The molecule has 0 fully saturated rings. The summed E-state index contributed by atoms with van der Waals surface area (Å²) < 4.78 is 11.1. The summed E-state index contributed by atoms with van der Waals surface area (Å²) in [4.78, 5) is 21.9. The quantitative estimate of drug-likeness (QED) is 0.332. The molecule has 0 saturated heterocycles. The fourth-order valence-corrected chi connectivity index (χ4v) is 2.42. The van der Waals surface area contributed by atoms with E-state index in [4.69, 9.17) is 9.47 Å². The zero-order valence-corrected chi connectivity index (χ0v) is 15.9. The Hall–Kier alpha value is -4.20. The molecule has 1 N–H and O–H groups in total. The van der Waals surface area contributed by atoms with Crippen molar-refractivity contribution < 1.29 is 19.2 Å². The number of ether oxygens (including phenoxy) is 2. The number of nitrogens with zero attached hydrogens (tertiary/aromatic N) is 2. The van der Waals surface area contributed by atoms with Gasteiger partial charge in [-0.25, -0.2) is 5.43 Å². The molecule has 0 aliphatic heterocycles. The monoisotopic (exact) mass is 405 g/mol. The minimum atomic E-state index is -0.484. The third-order valence-electron chi connectivity index (χ3n) is 3.95. The van der Waals surface area contributed by atoms with Crippen LogP contribution >= 0.6 is 0 Å². The van der Waals surface area contributed by atoms with Gasteiger partial charge in [-0.15, -0.1) is 0 Å². The molecule has 0 heterocycles. The summed E-state index contributed by atoms with van der Waals surface area (Å²) in [6.45, 7) is 0.262. The molecular formula is C22H19N3O5. The van der Waals surface area contributed by atoms with Crippen molar-refractivity contribution in [2.24, 2.45) is 5.10 Å². The second kappa shape index (κ2) is 10.4. The van der Waals surface area contributed by atoms with Gasteiger partial charge in [-0.3, -0.25) is 14.9 Å². The van der Waals surface area contributed by atoms with Crippen LogP contribution in [0.4, 0.5) is 5.69 Å². The number of nitro groups is 1. The number of carbonyl (C=O) groups is 1. The molecule has 0 atom stereocenters. The number of nitro benzene ring substituents is 1. The lowest BCUT2D eigenvalue weighted by atomic mass is 10.2. The molecular weight excluding hydrogens is 386 g/mol. The highest BCUT2D eigenvalue weighted by molar-refractivity contribution is 5.83. The summed E-state index contributed by atoms with van der Waals surface area (Å²) in [5, 5.41) is 14.4. The molecule has 0 unspecified atom stereocenters. The lowest BCUT2D eigenvalue weighted by Crippen LogP contribution is -2.24. The average molecular weight is 405 g/mol. The van der Waals surface area contributed by atoms with Crippen molar-refractivity contribution in [1.29, 1.82) is 0 Å². The molecule has 3 aromatic carbocycles. The van der Waals surface area contributed by atoms with Gasteiger partial charge in [-0.05, 0) is 47.5 Å². The third kappa shape index (κ3) is 6.45. The molecule has 0 aliphatic rings. The molecule has 0 saturated carbocycles. The van der Waals surface area contributed by atoms with Crippen LogP contribution in [0, 0.1) is 10.1 Å². The van der Waals surface area contributed by atoms with Crippen LogP contribution in [0.15, 0.2) is 84.0 Å². The van der Waals surface area contributed by atoms with Gasteiger partial charge in [0.05, 0.1) is 11.1 Å². The molecule has 3 rings (SSSR count). The maximum Gasteiger partial charge on any atom is 0.277 e. The number of hydrogen-bond acceptors (Lipinski definition) is 6. The summed E-state index contributed by atoms with van der Waals surface area (Å²) in [6, 6.07) is 22.6. The summed E-state index contributed by atoms with van der Waals surface area (Å²) in [5.74, 6) is 0.789. The molecule has 1 amide bonds. The Labute approximate surface area is 172 Å². The SMILES string of the molecule is O=C(COc1ccc(OCc2ccccc2)cc1)N/N=C\c1ccc([N+](=O)[O-])cc1. The van der Waals surface area contributed by atoms with E-state index in [9.17, 15) is 14.9 Å². The normalized spacial score (nSPS) is 10.5. The Kier molecular flexibility index (Phi) is 7.10. The van der Waals surface area contributed by atoms with Crippen LogP contribution in [0.2, 0.25) is 0 Å². The number of amides is 1. The molecule has 8 nitrogen and oxygen atoms in total. The Balaban J connectivity index is 1.40. The minimum Gasteiger partial charge on any atom is -0.489 e. The highest BCUT2D eigenvalue weighted by Gasteiger charge is 2.04. The van der Waals surface area contributed by atoms with E-state index in [-0.39, 0.29) is 12.3 Å². The number of nitrogens with one attached hydrogen (secondary N) is 1. The van der Waals surface area contributed by atoms with Gasteiger partial charge < -0.3 is 9.47 Å². The summed E-state index contributed by atoms with van der Waals surface area (Å²) in [6.07, 6.45) is 1.39. The first kappa shape index (κ1) is 20.5. The average Bonchev–Trinajstić information content (AvgIpc) is 2.78. The van der Waals surface area contributed by atoms with Crippen LogP contribution in [-0.4, -0.2) is 23.7 Å². The lowest BCUT2D eigenvalue weighted by Gasteiger charge is -2.08. The molecule has 152 valence electrons. The van der Waals surface area contributed by atoms with Crippen LogP contribution in [0.1, 0.15) is 11.1 Å². The van der Waals surface area contributed by atoms with E-state index in [1.807, 2.05) is 30.3 Å². The number of benzene rings is 3. The molecule has 0 bridgehead atoms. The molecule has 0 aliphatic carbocycles. The van der Waals surface area contributed by atoms with E-state index in [2.05, 4.69) is 10.5 Å². The van der Waals surface area contributed by atoms with Crippen molar-refractivity contribution in [1.82, 2.24) is 5.43 Å². The highest BCUT2D eigenvalue weighted by Crippen LogP contribution is 2.18. The maximum absolute atomic E-state index is 11.8. The number of non-ortho nitro benzene ring substituents is 1. The Morgan fingerprint density at radius 3 is 2.20 bits per heavy atom. The molecule has 8 heteroatoms. The Morgan fingerprint density at radius 2 is 1.57 bits per heavy atom. The zero-order valence-electron chi connectivity index (χ0n) is 15.9. The van der Waals surface area contributed by atoms with Crippen molar-refractivity contribution >= 4 is 17.8 Å². The van der Waals surface area contributed by atoms with Crippen molar-refractivity contribution in [3.63, 3.8) is 0 Å². The second-order valence-corrected chi connectivity index (χ2v) is 6.18. The lowest BCUT2D eigenvalue weighted by molar-refractivity contribution is -0.384. The fraction of sp³-hybridized carbons (Fsp3) is 0.0909. The van der Waals surface area contributed by atoms with Crippen LogP contribution < -0.4 is 14.9 Å². The number of rotatable bonds is 9. The van der Waals surface area contributed by atoms with Gasteiger partial charge in [-0.2, -0.15) is 5.10 Å². The standard InChI is InChI=1S/C22H19N3O5/c26-22(24-23-14-17-6-8-19(9-7-17)25(27)28)16-30-21-12-10-20(11-13-21)29-15-18-4-2-1-3-5-18/h1-14H,15-16H2,(H,24,26)/b23-14-. The third-order valence-corrected chi connectivity index (χ3v) is 3.95. The Morgan fingerprint density at radius 1 is 0.933 bits per heavy atom. The largest absolute Gasteiger partial charge is 0.489 e. The van der Waals surface area contributed by atoms with E-state index in [1.54, 1.807) is 24.3 Å². The Bertz CT molecular complexity index is 1000. The van der Waals surface area contributed by atoms with Crippen LogP contribution in [-0.2, 0) is 11.4 Å². The topological polar surface area (TPSA) is 103 Å². The van der Waals surface area contributed by atoms with E-state index < -0.39 is 10.8 Å². The van der Waals surface area contributed by atoms with Gasteiger partial charge >= 0.3 is 0 Å². The summed E-state index contributed by atoms with van der Waals surface area (Å²) in [5.41, 5.74) is 4.01. The van der Waals surface area contributed by atoms with Gasteiger partial charge in [-0.1, -0.05) is 30.3 Å². The zero-order chi connectivity index (χ0) is 21.2. The molecule has 0 spiro atoms. The van der Waals surface area contributed by atoms with E-state index in [0.29, 0.717) is 23.7 Å². The summed E-state index contributed by atoms with van der Waals surface area (Å²) >= 11 is 0. The highest BCUT2D eigenvalue weighted by atomic mass is 16.6. The van der Waals surface area contributed by atoms with Crippen molar-refractivity contribution in [3.8, 4) is 11.5 Å². The van der Waals surface area contributed by atoms with Crippen LogP contribution in [0.5, 0.6) is 11.5 Å². The molecule has 0 aromatic heterocycles. The van der Waals surface area contributed by atoms with Gasteiger partial charge in [0.2, 0.25) is 0 Å². The van der Waals surface area contributed by atoms with Crippen LogP contribution in [0.25, 0.3) is 0 Å². The number of hydrazone groups is 1. The van der Waals surface area contributed by atoms with Gasteiger partial charge in [0.1, 0.15) is 18.1 Å². The molecule has 0 radical (unpaired) electrons. The molecule has 3 aromatic rings. The first-order valence-corrected chi connectivity index (χ1v) is 9.06. The number of carbonyl (C=O) groups excluding carboxylic acids is 1. The fourth-order valence-electron chi connectivity index (χ4n) is 2.42. The van der Waals surface area contributed by atoms with E-state index >= 15 is 0 Å². The van der Waals surface area contributed by atoms with Crippen LogP contribution in [0.3, 0.4) is 0 Å². The number of hydrogen-bond donors (Lipinski definition) is 1. The summed E-state index contributed by atoms with van der Waals surface area (Å²) in [7, 11) is 0. The van der Waals surface area contributed by atoms with Gasteiger partial charge in [0.25, 0.3) is 11.6 Å². The second-order valence-electron chi connectivity index (χ2n) is 6.18. The predicted molar refractivity (Wildman–Crippen MR) is 112 cm³/mol. The predicted octanol–water partition coefficient (Wildman–Crippen LogP) is 3.70.